The first-order valence-corrected chi connectivity index (χ1v) is 15.6. The van der Waals surface area contributed by atoms with Crippen molar-refractivity contribution in [1.29, 1.82) is 0 Å². The number of hydrogen-bond donors (Lipinski definition) is 5. The highest BCUT2D eigenvalue weighted by atomic mass is 35.5. The van der Waals surface area contributed by atoms with Gasteiger partial charge in [0.15, 0.2) is 0 Å². The third kappa shape index (κ3) is 8.57. The van der Waals surface area contributed by atoms with Gasteiger partial charge in [-0.3, -0.25) is 19.7 Å². The van der Waals surface area contributed by atoms with Crippen molar-refractivity contribution in [2.24, 2.45) is 0 Å². The van der Waals surface area contributed by atoms with Crippen molar-refractivity contribution in [2.75, 3.05) is 19.0 Å². The molecule has 0 aliphatic heterocycles. The molecule has 0 bridgehead atoms. The number of carboxylic acid groups (broad SMARTS) is 1. The van der Waals surface area contributed by atoms with E-state index >= 15 is 0 Å². The van der Waals surface area contributed by atoms with Crippen molar-refractivity contribution in [3.8, 4) is 17.2 Å². The molecular weight excluding hydrogens is 601 g/mol. The second-order valence-corrected chi connectivity index (χ2v) is 12.1. The van der Waals surface area contributed by atoms with Crippen LogP contribution in [-0.2, 0) is 13.9 Å². The summed E-state index contributed by atoms with van der Waals surface area (Å²) >= 11 is 6.39. The Morgan fingerprint density at radius 2 is 1.93 bits per heavy atom. The minimum Gasteiger partial charge on any atom is -0.496 e. The molecule has 2 atom stereocenters. The molecule has 0 radical (unpaired) electrons. The molecule has 5 N–H and O–H groups in total. The Hall–Kier alpha value is -3.90. The zero-order chi connectivity index (χ0) is 31.1. The number of hydrogen-bond acceptors (Lipinski definition) is 8. The molecule has 1 aromatic heterocycles. The van der Waals surface area contributed by atoms with E-state index in [1.54, 1.807) is 18.2 Å². The van der Waals surface area contributed by atoms with Gasteiger partial charge in [-0.05, 0) is 50.5 Å². The zero-order valence-corrected chi connectivity index (χ0v) is 25.5. The Labute approximate surface area is 253 Å². The lowest BCUT2D eigenvalue weighted by atomic mass is 10.1. The van der Waals surface area contributed by atoms with E-state index in [0.717, 1.165) is 19.3 Å². The fraction of sp³-hybridized carbons (Fsp3) is 0.357. The minimum atomic E-state index is -4.15. The fourth-order valence-electron chi connectivity index (χ4n) is 3.89. The largest absolute Gasteiger partial charge is 0.496 e. The fourth-order valence-corrected chi connectivity index (χ4v) is 5.70. The topological polar surface area (TPSA) is 177 Å². The number of urea groups is 1. The Kier molecular flexibility index (Phi) is 10.5. The number of carbonyl (C=O) groups is 3. The number of methoxy groups -OCH3 is 1. The van der Waals surface area contributed by atoms with E-state index < -0.39 is 25.6 Å². The lowest BCUT2D eigenvalue weighted by molar-refractivity contribution is -0.138. The van der Waals surface area contributed by atoms with Crippen molar-refractivity contribution in [1.82, 2.24) is 20.5 Å². The van der Waals surface area contributed by atoms with Gasteiger partial charge in [0, 0.05) is 29.8 Å². The maximum Gasteiger partial charge on any atom is 0.369 e. The van der Waals surface area contributed by atoms with Crippen molar-refractivity contribution in [2.45, 2.75) is 51.6 Å². The normalized spacial score (nSPS) is 14.8. The summed E-state index contributed by atoms with van der Waals surface area (Å²) < 4.78 is 30.4. The van der Waals surface area contributed by atoms with Gasteiger partial charge in [-0.2, -0.15) is 0 Å². The van der Waals surface area contributed by atoms with E-state index in [-0.39, 0.29) is 35.0 Å². The number of benzene rings is 2. The van der Waals surface area contributed by atoms with Crippen LogP contribution in [0.25, 0.3) is 10.9 Å². The number of pyridine rings is 1. The number of carbonyl (C=O) groups excluding carboxylic acids is 2. The van der Waals surface area contributed by atoms with Crippen LogP contribution in [0.1, 0.15) is 49.9 Å². The zero-order valence-electron chi connectivity index (χ0n) is 23.8. The molecule has 3 amide bonds. The molecule has 1 fully saturated rings. The summed E-state index contributed by atoms with van der Waals surface area (Å²) in [6.45, 7) is 3.22. The number of nitrogens with one attached hydrogen (secondary N) is 4. The first kappa shape index (κ1) is 32.0. The summed E-state index contributed by atoms with van der Waals surface area (Å²) in [6.07, 6.45) is 4.70. The van der Waals surface area contributed by atoms with Crippen LogP contribution in [0.4, 0.5) is 10.5 Å². The number of carboxylic acids is 1. The number of anilines is 1. The van der Waals surface area contributed by atoms with E-state index in [0.29, 0.717) is 34.5 Å². The lowest BCUT2D eigenvalue weighted by Crippen LogP contribution is -2.38. The molecule has 13 nitrogen and oxygen atoms in total. The predicted molar refractivity (Wildman–Crippen MR) is 161 cm³/mol. The summed E-state index contributed by atoms with van der Waals surface area (Å²) in [5.74, 6) is -1.29. The Morgan fingerprint density at radius 1 is 1.16 bits per heavy atom. The summed E-state index contributed by atoms with van der Waals surface area (Å²) in [6, 6.07) is 7.93. The molecule has 1 aliphatic rings. The highest BCUT2D eigenvalue weighted by Gasteiger charge is 2.32. The second kappa shape index (κ2) is 14.0. The molecule has 43 heavy (non-hydrogen) atoms. The summed E-state index contributed by atoms with van der Waals surface area (Å²) in [4.78, 5) is 41.3. The van der Waals surface area contributed by atoms with Gasteiger partial charge in [-0.1, -0.05) is 24.9 Å². The lowest BCUT2D eigenvalue weighted by Gasteiger charge is -2.23. The molecular formula is C28H33ClN5O8P. The van der Waals surface area contributed by atoms with Crippen molar-refractivity contribution < 1.29 is 38.1 Å². The van der Waals surface area contributed by atoms with Gasteiger partial charge in [0.25, 0.3) is 5.91 Å². The molecule has 1 saturated carbocycles. The Balaban J connectivity index is 1.60. The van der Waals surface area contributed by atoms with Crippen LogP contribution in [0.3, 0.4) is 0 Å². The highest BCUT2D eigenvalue weighted by Crippen LogP contribution is 2.41. The number of ether oxygens (including phenoxy) is 2. The van der Waals surface area contributed by atoms with E-state index in [2.05, 4.69) is 25.8 Å². The summed E-state index contributed by atoms with van der Waals surface area (Å²) in [5.41, 5.74) is 0.829. The number of halogens is 1. The quantitative estimate of drug-likeness (QED) is 0.109. The van der Waals surface area contributed by atoms with Gasteiger partial charge < -0.3 is 29.7 Å². The number of aliphatic carboxylic acids is 1. The number of rotatable bonds is 14. The van der Waals surface area contributed by atoms with E-state index in [1.807, 2.05) is 6.92 Å². The SMILES string of the molecule is CCCCOP(=O)(NC(=O)c1cc2c(Oc3ccc(NC(=O)NC4CC4)c(Cl)c3)ccnc2cc1OC)NC(C)C(=O)O. The van der Waals surface area contributed by atoms with E-state index in [1.165, 1.54) is 38.4 Å². The van der Waals surface area contributed by atoms with Crippen LogP contribution in [0, 0.1) is 0 Å². The number of nitrogens with zero attached hydrogens (tertiary/aromatic N) is 1. The van der Waals surface area contributed by atoms with Crippen LogP contribution in [0.2, 0.25) is 5.02 Å². The van der Waals surface area contributed by atoms with Crippen LogP contribution in [0.15, 0.2) is 42.6 Å². The Bertz CT molecular complexity index is 1570. The molecule has 0 spiro atoms. The van der Waals surface area contributed by atoms with Gasteiger partial charge >= 0.3 is 19.7 Å². The molecule has 3 aromatic rings. The highest BCUT2D eigenvalue weighted by molar-refractivity contribution is 7.55. The van der Waals surface area contributed by atoms with Crippen molar-refractivity contribution >= 4 is 53.8 Å². The maximum atomic E-state index is 13.5. The third-order valence-electron chi connectivity index (χ3n) is 6.35. The standard InChI is InChI=1S/C28H33ClN5O8P/c1-4-5-12-41-43(39,33-16(2)27(36)37)34-26(35)20-14-19-23(15-25(20)40-3)30-11-10-24(19)42-18-8-9-22(21(29)13-18)32-28(38)31-17-6-7-17/h8-11,13-17H,4-7,12H2,1-3H3,(H,36,37)(H2,31,32,38)(H2,33,34,35,39). The van der Waals surface area contributed by atoms with Gasteiger partial charge in [-0.15, -0.1) is 0 Å². The number of aromatic nitrogens is 1. The number of unbranched alkanes of at least 4 members (excludes halogenated alkanes) is 1. The predicted octanol–water partition coefficient (Wildman–Crippen LogP) is 5.69. The molecule has 2 unspecified atom stereocenters. The third-order valence-corrected chi connectivity index (χ3v) is 8.43. The van der Waals surface area contributed by atoms with Gasteiger partial charge in [0.1, 0.15) is 23.3 Å². The van der Waals surface area contributed by atoms with Crippen LogP contribution in [-0.4, -0.2) is 53.8 Å². The first-order valence-electron chi connectivity index (χ1n) is 13.6. The molecule has 0 saturated heterocycles. The van der Waals surface area contributed by atoms with Crippen molar-refractivity contribution in [3.63, 3.8) is 0 Å². The van der Waals surface area contributed by atoms with E-state index in [9.17, 15) is 24.1 Å². The molecule has 4 rings (SSSR count). The summed E-state index contributed by atoms with van der Waals surface area (Å²) in [5, 5.41) is 20.2. The van der Waals surface area contributed by atoms with Gasteiger partial charge in [-0.25, -0.2) is 14.4 Å². The van der Waals surface area contributed by atoms with E-state index in [4.69, 9.17) is 25.6 Å². The molecule has 230 valence electrons. The smallest absolute Gasteiger partial charge is 0.369 e. The van der Waals surface area contributed by atoms with Crippen LogP contribution >= 0.6 is 19.3 Å². The average molecular weight is 634 g/mol. The van der Waals surface area contributed by atoms with Crippen LogP contribution < -0.4 is 30.3 Å². The minimum absolute atomic E-state index is 0.0174. The molecule has 1 heterocycles. The van der Waals surface area contributed by atoms with Crippen LogP contribution in [0.5, 0.6) is 17.2 Å². The summed E-state index contributed by atoms with van der Waals surface area (Å²) in [7, 11) is -2.78. The molecule has 2 aromatic carbocycles. The molecule has 1 aliphatic carbocycles. The van der Waals surface area contributed by atoms with Crippen molar-refractivity contribution in [3.05, 3.63) is 53.2 Å². The number of amides is 3. The Morgan fingerprint density at radius 3 is 2.58 bits per heavy atom. The van der Waals surface area contributed by atoms with Gasteiger partial charge in [0.2, 0.25) is 0 Å². The van der Waals surface area contributed by atoms with Gasteiger partial charge in [0.05, 0.1) is 35.5 Å². The second-order valence-electron chi connectivity index (χ2n) is 9.86. The first-order chi connectivity index (χ1) is 20.5. The number of fused-ring (bicyclic) bond motifs is 1. The maximum absolute atomic E-state index is 13.5. The molecule has 15 heteroatoms. The average Bonchev–Trinajstić information content (AvgIpc) is 3.77. The monoisotopic (exact) mass is 633 g/mol.